The minimum absolute atomic E-state index is 0.0636. The van der Waals surface area contributed by atoms with Crippen molar-refractivity contribution in [2.75, 3.05) is 0 Å². The molecule has 4 rings (SSSR count). The number of carbonyl (C=O) groups is 1. The molecule has 4 aromatic rings. The fourth-order valence-corrected chi connectivity index (χ4v) is 4.35. The Bertz CT molecular complexity index is 1150. The van der Waals surface area contributed by atoms with Crippen molar-refractivity contribution in [3.05, 3.63) is 64.7 Å². The molecular formula is C20H14Cl2N4OS. The molecule has 0 amide bonds. The fraction of sp³-hybridized carbons (Fsp3) is 0.100. The van der Waals surface area contributed by atoms with Gasteiger partial charge < -0.3 is 4.98 Å². The van der Waals surface area contributed by atoms with Gasteiger partial charge in [-0.05, 0) is 37.3 Å². The Hall–Kier alpha value is -2.54. The molecule has 28 heavy (non-hydrogen) atoms. The van der Waals surface area contributed by atoms with Gasteiger partial charge >= 0.3 is 0 Å². The molecule has 0 spiro atoms. The number of aromatic amines is 1. The molecule has 8 heteroatoms. The van der Waals surface area contributed by atoms with Gasteiger partial charge in [-0.25, -0.2) is 9.97 Å². The highest BCUT2D eigenvalue weighted by Gasteiger charge is 2.20. The molecule has 1 aromatic carbocycles. The molecule has 0 atom stereocenters. The zero-order valence-electron chi connectivity index (χ0n) is 14.7. The van der Waals surface area contributed by atoms with Crippen LogP contribution in [-0.4, -0.2) is 25.7 Å². The summed E-state index contributed by atoms with van der Waals surface area (Å²) in [5.74, 6) is 0.775. The van der Waals surface area contributed by atoms with Crippen LogP contribution in [0.4, 0.5) is 0 Å². The number of thiazole rings is 1. The van der Waals surface area contributed by atoms with Crippen LogP contribution in [0.2, 0.25) is 10.0 Å². The Morgan fingerprint density at radius 1 is 1.14 bits per heavy atom. The van der Waals surface area contributed by atoms with Crippen molar-refractivity contribution in [3.8, 4) is 32.5 Å². The maximum absolute atomic E-state index is 11.4. The van der Waals surface area contributed by atoms with Crippen LogP contribution in [0.3, 0.4) is 0 Å². The average molecular weight is 429 g/mol. The van der Waals surface area contributed by atoms with Crippen molar-refractivity contribution >= 4 is 40.3 Å². The first-order valence-corrected chi connectivity index (χ1v) is 9.99. The van der Waals surface area contributed by atoms with Gasteiger partial charge in [0.15, 0.2) is 0 Å². The summed E-state index contributed by atoms with van der Waals surface area (Å²) in [6, 6.07) is 9.09. The van der Waals surface area contributed by atoms with Crippen LogP contribution in [0.5, 0.6) is 0 Å². The maximum atomic E-state index is 11.4. The third-order valence-corrected chi connectivity index (χ3v) is 5.68. The summed E-state index contributed by atoms with van der Waals surface area (Å²) in [5.41, 5.74) is 3.10. The summed E-state index contributed by atoms with van der Waals surface area (Å²) in [6.45, 7) is 1.55. The van der Waals surface area contributed by atoms with Crippen LogP contribution < -0.4 is 0 Å². The number of ketones is 1. The highest BCUT2D eigenvalue weighted by Crippen LogP contribution is 2.42. The van der Waals surface area contributed by atoms with Crippen LogP contribution in [0.1, 0.15) is 12.6 Å². The molecule has 0 fully saturated rings. The number of imidazole rings is 1. The highest BCUT2D eigenvalue weighted by molar-refractivity contribution is 7.18. The summed E-state index contributed by atoms with van der Waals surface area (Å²) in [6.07, 6.45) is 5.44. The monoisotopic (exact) mass is 428 g/mol. The van der Waals surface area contributed by atoms with E-state index in [1.54, 1.807) is 37.6 Å². The Morgan fingerprint density at radius 3 is 2.71 bits per heavy atom. The van der Waals surface area contributed by atoms with Gasteiger partial charge in [-0.3, -0.25) is 9.78 Å². The lowest BCUT2D eigenvalue weighted by molar-refractivity contribution is -0.116. The van der Waals surface area contributed by atoms with E-state index in [4.69, 9.17) is 28.2 Å². The molecule has 0 bridgehead atoms. The number of pyridine rings is 1. The second kappa shape index (κ2) is 7.83. The van der Waals surface area contributed by atoms with E-state index in [2.05, 4.69) is 15.0 Å². The Labute approximate surface area is 175 Å². The SMILES string of the molecule is CC(=O)Cc1cc(-c2nc(-c3ccc(Cl)cc3Cl)c(-c3ncc[nH]3)s2)ccn1. The van der Waals surface area contributed by atoms with Crippen LogP contribution >= 0.6 is 34.5 Å². The van der Waals surface area contributed by atoms with E-state index in [1.807, 2.05) is 18.2 Å². The standard InChI is InChI=1S/C20H14Cl2N4OS/c1-11(27)8-14-9-12(4-5-23-14)20-26-17(15-3-2-13(21)10-16(15)22)18(28-20)19-24-6-7-25-19/h2-7,9-10H,8H2,1H3,(H,24,25). The lowest BCUT2D eigenvalue weighted by atomic mass is 10.1. The summed E-state index contributed by atoms with van der Waals surface area (Å²) in [5, 5.41) is 1.87. The normalized spacial score (nSPS) is 11.0. The van der Waals surface area contributed by atoms with E-state index in [-0.39, 0.29) is 5.78 Å². The van der Waals surface area contributed by atoms with E-state index < -0.39 is 0 Å². The number of nitrogens with one attached hydrogen (secondary N) is 1. The Kier molecular flexibility index (Phi) is 5.26. The number of nitrogens with zero attached hydrogens (tertiary/aromatic N) is 3. The van der Waals surface area contributed by atoms with Crippen molar-refractivity contribution in [2.24, 2.45) is 0 Å². The molecule has 5 nitrogen and oxygen atoms in total. The predicted octanol–water partition coefficient (Wildman–Crippen LogP) is 5.70. The molecule has 0 radical (unpaired) electrons. The van der Waals surface area contributed by atoms with Crippen molar-refractivity contribution in [1.82, 2.24) is 19.9 Å². The average Bonchev–Trinajstić information content (AvgIpc) is 3.31. The van der Waals surface area contributed by atoms with E-state index in [1.165, 1.54) is 11.3 Å². The number of halogens is 2. The highest BCUT2D eigenvalue weighted by atomic mass is 35.5. The van der Waals surface area contributed by atoms with Gasteiger partial charge in [0.1, 0.15) is 16.6 Å². The van der Waals surface area contributed by atoms with Gasteiger partial charge in [-0.1, -0.05) is 23.2 Å². The van der Waals surface area contributed by atoms with E-state index in [0.29, 0.717) is 28.0 Å². The van der Waals surface area contributed by atoms with Gasteiger partial charge in [0.05, 0.1) is 15.6 Å². The first-order chi connectivity index (χ1) is 13.5. The molecule has 0 aliphatic rings. The number of benzene rings is 1. The number of Topliss-reactive ketones (excluding diaryl/α,β-unsaturated/α-hetero) is 1. The number of hydrogen-bond donors (Lipinski definition) is 1. The van der Waals surface area contributed by atoms with Crippen LogP contribution in [0.25, 0.3) is 32.5 Å². The minimum Gasteiger partial charge on any atom is -0.344 e. The smallest absolute Gasteiger partial charge is 0.149 e. The minimum atomic E-state index is 0.0636. The maximum Gasteiger partial charge on any atom is 0.149 e. The van der Waals surface area contributed by atoms with Crippen molar-refractivity contribution in [2.45, 2.75) is 13.3 Å². The van der Waals surface area contributed by atoms with Crippen molar-refractivity contribution in [3.63, 3.8) is 0 Å². The molecular weight excluding hydrogens is 415 g/mol. The second-order valence-corrected chi connectivity index (χ2v) is 8.02. The van der Waals surface area contributed by atoms with Crippen molar-refractivity contribution < 1.29 is 4.79 Å². The van der Waals surface area contributed by atoms with Crippen LogP contribution in [0, 0.1) is 0 Å². The number of rotatable bonds is 5. The molecule has 0 unspecified atom stereocenters. The molecule has 3 aromatic heterocycles. The second-order valence-electron chi connectivity index (χ2n) is 6.17. The summed E-state index contributed by atoms with van der Waals surface area (Å²) >= 11 is 14.0. The summed E-state index contributed by atoms with van der Waals surface area (Å²) < 4.78 is 0. The van der Waals surface area contributed by atoms with Gasteiger partial charge in [-0.2, -0.15) is 0 Å². The molecule has 3 heterocycles. The lowest BCUT2D eigenvalue weighted by Crippen LogP contribution is -1.98. The van der Waals surface area contributed by atoms with E-state index in [9.17, 15) is 4.79 Å². The van der Waals surface area contributed by atoms with Gasteiger partial charge in [0.25, 0.3) is 0 Å². The van der Waals surface area contributed by atoms with Gasteiger partial charge in [0.2, 0.25) is 0 Å². The number of aromatic nitrogens is 4. The topological polar surface area (TPSA) is 71.5 Å². The number of hydrogen-bond acceptors (Lipinski definition) is 5. The lowest BCUT2D eigenvalue weighted by Gasteiger charge is -2.04. The number of H-pyrrole nitrogens is 1. The van der Waals surface area contributed by atoms with Gasteiger partial charge in [0, 0.05) is 46.9 Å². The molecule has 0 saturated carbocycles. The van der Waals surface area contributed by atoms with Crippen molar-refractivity contribution in [1.29, 1.82) is 0 Å². The van der Waals surface area contributed by atoms with Crippen LogP contribution in [0.15, 0.2) is 48.9 Å². The van der Waals surface area contributed by atoms with Gasteiger partial charge in [-0.15, -0.1) is 11.3 Å². The third kappa shape index (κ3) is 3.85. The summed E-state index contributed by atoms with van der Waals surface area (Å²) in [4.78, 5) is 28.9. The molecule has 140 valence electrons. The fourth-order valence-electron chi connectivity index (χ4n) is 2.82. The molecule has 1 N–H and O–H groups in total. The zero-order valence-corrected chi connectivity index (χ0v) is 17.1. The number of carbonyl (C=O) groups excluding carboxylic acids is 1. The van der Waals surface area contributed by atoms with E-state index in [0.717, 1.165) is 26.7 Å². The third-order valence-electron chi connectivity index (χ3n) is 4.02. The Morgan fingerprint density at radius 2 is 2.00 bits per heavy atom. The first kappa shape index (κ1) is 18.8. The largest absolute Gasteiger partial charge is 0.344 e. The Balaban J connectivity index is 1.86. The quantitative estimate of drug-likeness (QED) is 0.442. The summed E-state index contributed by atoms with van der Waals surface area (Å²) in [7, 11) is 0. The van der Waals surface area contributed by atoms with Crippen LogP contribution in [-0.2, 0) is 11.2 Å². The van der Waals surface area contributed by atoms with E-state index >= 15 is 0 Å². The molecule has 0 saturated heterocycles. The first-order valence-electron chi connectivity index (χ1n) is 8.42. The molecule has 0 aliphatic heterocycles. The molecule has 0 aliphatic carbocycles. The zero-order chi connectivity index (χ0) is 19.7. The predicted molar refractivity (Wildman–Crippen MR) is 113 cm³/mol.